The number of nitrogens with zero attached hydrogens (tertiary/aromatic N) is 2. The lowest BCUT2D eigenvalue weighted by Gasteiger charge is -2.33. The van der Waals surface area contributed by atoms with Gasteiger partial charge in [-0.25, -0.2) is 0 Å². The highest BCUT2D eigenvalue weighted by molar-refractivity contribution is 5.20. The number of nitrogens with one attached hydrogen (secondary N) is 1. The zero-order valence-electron chi connectivity index (χ0n) is 13.2. The van der Waals surface area contributed by atoms with Gasteiger partial charge in [0.2, 0.25) is 0 Å². The molecule has 2 rings (SSSR count). The molecule has 21 heavy (non-hydrogen) atoms. The number of hydrogen-bond donors (Lipinski definition) is 1. The SMILES string of the molecule is CCNC(c1ccccc1)C(C)N(C)Cc1cccnc1. The minimum Gasteiger partial charge on any atom is -0.309 e. The second-order valence-corrected chi connectivity index (χ2v) is 5.46. The highest BCUT2D eigenvalue weighted by Crippen LogP contribution is 2.21. The summed E-state index contributed by atoms with van der Waals surface area (Å²) >= 11 is 0. The molecule has 112 valence electrons. The molecule has 0 fully saturated rings. The minimum atomic E-state index is 0.331. The maximum atomic E-state index is 4.19. The van der Waals surface area contributed by atoms with Crippen molar-refractivity contribution in [2.75, 3.05) is 13.6 Å². The average Bonchev–Trinajstić information content (AvgIpc) is 2.53. The number of aromatic nitrogens is 1. The van der Waals surface area contributed by atoms with Crippen LogP contribution in [0.15, 0.2) is 54.9 Å². The van der Waals surface area contributed by atoms with Gasteiger partial charge in [0, 0.05) is 31.0 Å². The van der Waals surface area contributed by atoms with Crippen molar-refractivity contribution in [3.63, 3.8) is 0 Å². The van der Waals surface area contributed by atoms with Gasteiger partial charge >= 0.3 is 0 Å². The van der Waals surface area contributed by atoms with Crippen molar-refractivity contribution in [2.45, 2.75) is 32.5 Å². The van der Waals surface area contributed by atoms with E-state index in [1.165, 1.54) is 11.1 Å². The molecular formula is C18H25N3. The Kier molecular flexibility index (Phi) is 5.90. The van der Waals surface area contributed by atoms with Crippen molar-refractivity contribution in [2.24, 2.45) is 0 Å². The number of pyridine rings is 1. The molecule has 0 bridgehead atoms. The van der Waals surface area contributed by atoms with Crippen molar-refractivity contribution in [3.8, 4) is 0 Å². The minimum absolute atomic E-state index is 0.331. The van der Waals surface area contributed by atoms with Gasteiger partial charge in [-0.1, -0.05) is 43.3 Å². The summed E-state index contributed by atoms with van der Waals surface area (Å²) in [4.78, 5) is 6.57. The summed E-state index contributed by atoms with van der Waals surface area (Å²) in [6, 6.07) is 15.5. The van der Waals surface area contributed by atoms with Gasteiger partial charge in [0.1, 0.15) is 0 Å². The van der Waals surface area contributed by atoms with Crippen LogP contribution in [0.25, 0.3) is 0 Å². The summed E-state index contributed by atoms with van der Waals surface area (Å²) in [6.07, 6.45) is 3.76. The summed E-state index contributed by atoms with van der Waals surface area (Å²) < 4.78 is 0. The van der Waals surface area contributed by atoms with Crippen LogP contribution in [0.1, 0.15) is 31.0 Å². The van der Waals surface area contributed by atoms with E-state index in [2.05, 4.69) is 72.5 Å². The molecule has 1 aromatic carbocycles. The van der Waals surface area contributed by atoms with Crippen LogP contribution in [0, 0.1) is 0 Å². The lowest BCUT2D eigenvalue weighted by atomic mass is 9.99. The van der Waals surface area contributed by atoms with E-state index in [1.807, 2.05) is 18.5 Å². The van der Waals surface area contributed by atoms with Gasteiger partial charge in [-0.15, -0.1) is 0 Å². The third-order valence-electron chi connectivity index (χ3n) is 3.92. The van der Waals surface area contributed by atoms with Gasteiger partial charge in [-0.05, 0) is 37.7 Å². The Morgan fingerprint density at radius 2 is 1.90 bits per heavy atom. The normalized spacial score (nSPS) is 14.1. The second kappa shape index (κ2) is 7.91. The molecule has 1 heterocycles. The quantitative estimate of drug-likeness (QED) is 0.845. The summed E-state index contributed by atoms with van der Waals surface area (Å²) in [5.41, 5.74) is 2.58. The van der Waals surface area contributed by atoms with Crippen molar-refractivity contribution in [1.29, 1.82) is 0 Å². The van der Waals surface area contributed by atoms with Crippen LogP contribution in [0.5, 0.6) is 0 Å². The first-order chi connectivity index (χ1) is 10.2. The third-order valence-corrected chi connectivity index (χ3v) is 3.92. The van der Waals surface area contributed by atoms with Crippen LogP contribution in [-0.4, -0.2) is 29.5 Å². The lowest BCUT2D eigenvalue weighted by molar-refractivity contribution is 0.200. The smallest absolute Gasteiger partial charge is 0.0475 e. The fraction of sp³-hybridized carbons (Fsp3) is 0.389. The first-order valence-corrected chi connectivity index (χ1v) is 7.59. The molecule has 0 saturated heterocycles. The fourth-order valence-electron chi connectivity index (χ4n) is 2.63. The molecule has 1 N–H and O–H groups in total. The van der Waals surface area contributed by atoms with Gasteiger partial charge in [0.15, 0.2) is 0 Å². The van der Waals surface area contributed by atoms with E-state index in [9.17, 15) is 0 Å². The van der Waals surface area contributed by atoms with Crippen LogP contribution < -0.4 is 5.32 Å². The zero-order chi connectivity index (χ0) is 15.1. The van der Waals surface area contributed by atoms with Gasteiger partial charge in [-0.3, -0.25) is 9.88 Å². The Bertz CT molecular complexity index is 513. The molecule has 0 saturated carbocycles. The largest absolute Gasteiger partial charge is 0.309 e. The maximum Gasteiger partial charge on any atom is 0.0475 e. The molecule has 0 spiro atoms. The van der Waals surface area contributed by atoms with Crippen molar-refractivity contribution < 1.29 is 0 Å². The van der Waals surface area contributed by atoms with E-state index < -0.39 is 0 Å². The molecule has 3 nitrogen and oxygen atoms in total. The average molecular weight is 283 g/mol. The molecule has 2 unspecified atom stereocenters. The Hall–Kier alpha value is -1.71. The molecule has 0 aliphatic heterocycles. The lowest BCUT2D eigenvalue weighted by Crippen LogP contribution is -2.40. The topological polar surface area (TPSA) is 28.2 Å². The van der Waals surface area contributed by atoms with E-state index in [-0.39, 0.29) is 0 Å². The maximum absolute atomic E-state index is 4.19. The fourth-order valence-corrected chi connectivity index (χ4v) is 2.63. The zero-order valence-corrected chi connectivity index (χ0v) is 13.2. The molecule has 0 amide bonds. The highest BCUT2D eigenvalue weighted by Gasteiger charge is 2.21. The number of hydrogen-bond acceptors (Lipinski definition) is 3. The van der Waals surface area contributed by atoms with Crippen LogP contribution >= 0.6 is 0 Å². The molecule has 3 heteroatoms. The van der Waals surface area contributed by atoms with E-state index >= 15 is 0 Å². The summed E-state index contributed by atoms with van der Waals surface area (Å²) in [7, 11) is 2.17. The Morgan fingerprint density at radius 1 is 1.14 bits per heavy atom. The standard InChI is InChI=1S/C18H25N3/c1-4-20-18(17-10-6-5-7-11-17)15(2)21(3)14-16-9-8-12-19-13-16/h5-13,15,18,20H,4,14H2,1-3H3. The van der Waals surface area contributed by atoms with Crippen molar-refractivity contribution in [1.82, 2.24) is 15.2 Å². The Labute approximate surface area is 128 Å². The van der Waals surface area contributed by atoms with Crippen LogP contribution in [0.4, 0.5) is 0 Å². The van der Waals surface area contributed by atoms with E-state index in [0.717, 1.165) is 13.1 Å². The van der Waals surface area contributed by atoms with E-state index in [1.54, 1.807) is 0 Å². The summed E-state index contributed by atoms with van der Waals surface area (Å²) in [6.45, 7) is 6.30. The molecular weight excluding hydrogens is 258 g/mol. The number of rotatable bonds is 7. The number of benzene rings is 1. The van der Waals surface area contributed by atoms with E-state index in [0.29, 0.717) is 12.1 Å². The molecule has 2 aromatic rings. The van der Waals surface area contributed by atoms with Crippen LogP contribution in [0.3, 0.4) is 0 Å². The van der Waals surface area contributed by atoms with Crippen LogP contribution in [-0.2, 0) is 6.54 Å². The van der Waals surface area contributed by atoms with Gasteiger partial charge < -0.3 is 5.32 Å². The first-order valence-electron chi connectivity index (χ1n) is 7.59. The molecule has 0 radical (unpaired) electrons. The molecule has 1 aromatic heterocycles. The monoisotopic (exact) mass is 283 g/mol. The summed E-state index contributed by atoms with van der Waals surface area (Å²) in [5, 5.41) is 3.61. The van der Waals surface area contributed by atoms with E-state index in [4.69, 9.17) is 0 Å². The molecule has 0 aliphatic rings. The highest BCUT2D eigenvalue weighted by atomic mass is 15.2. The summed E-state index contributed by atoms with van der Waals surface area (Å²) in [5.74, 6) is 0. The Balaban J connectivity index is 2.09. The molecule has 2 atom stereocenters. The number of likely N-dealkylation sites (N-methyl/N-ethyl adjacent to an activating group) is 2. The van der Waals surface area contributed by atoms with Crippen molar-refractivity contribution in [3.05, 3.63) is 66.0 Å². The van der Waals surface area contributed by atoms with Gasteiger partial charge in [0.25, 0.3) is 0 Å². The van der Waals surface area contributed by atoms with Crippen LogP contribution in [0.2, 0.25) is 0 Å². The van der Waals surface area contributed by atoms with Gasteiger partial charge in [0.05, 0.1) is 0 Å². The predicted molar refractivity (Wildman–Crippen MR) is 88.0 cm³/mol. The molecule has 0 aliphatic carbocycles. The van der Waals surface area contributed by atoms with Crippen molar-refractivity contribution >= 4 is 0 Å². The van der Waals surface area contributed by atoms with Gasteiger partial charge in [-0.2, -0.15) is 0 Å². The second-order valence-electron chi connectivity index (χ2n) is 5.46. The predicted octanol–water partition coefficient (Wildman–Crippen LogP) is 3.25. The first kappa shape index (κ1) is 15.7. The Morgan fingerprint density at radius 3 is 2.52 bits per heavy atom. The third kappa shape index (κ3) is 4.38.